The first-order chi connectivity index (χ1) is 9.28. The van der Waals surface area contributed by atoms with Crippen LogP contribution in [0.3, 0.4) is 0 Å². The second-order valence-corrected chi connectivity index (χ2v) is 6.49. The van der Waals surface area contributed by atoms with Crippen molar-refractivity contribution >= 4 is 15.9 Å². The lowest BCUT2D eigenvalue weighted by Crippen LogP contribution is -2.39. The van der Waals surface area contributed by atoms with Crippen LogP contribution in [0.1, 0.15) is 31.7 Å². The highest BCUT2D eigenvalue weighted by atomic mass is 79.9. The van der Waals surface area contributed by atoms with Gasteiger partial charge >= 0.3 is 0 Å². The molecule has 1 aromatic rings. The number of likely N-dealkylation sites (tertiary alicyclic amines) is 1. The van der Waals surface area contributed by atoms with Gasteiger partial charge in [0.05, 0.1) is 0 Å². The van der Waals surface area contributed by atoms with E-state index < -0.39 is 0 Å². The Hall–Kier alpha value is -0.380. The Kier molecular flexibility index (Phi) is 6.35. The lowest BCUT2D eigenvalue weighted by molar-refractivity contribution is 0.165. The number of hydrogen-bond donors (Lipinski definition) is 1. The smallest absolute Gasteiger partial charge is 0.0233 e. The number of piperidine rings is 1. The number of nitrogens with one attached hydrogen (secondary N) is 1. The molecule has 0 aliphatic carbocycles. The third-order valence-electron chi connectivity index (χ3n) is 3.78. The summed E-state index contributed by atoms with van der Waals surface area (Å²) in [6.45, 7) is 8.16. The molecule has 1 unspecified atom stereocenters. The number of hydrogen-bond acceptors (Lipinski definition) is 2. The molecule has 1 heterocycles. The minimum Gasteiger partial charge on any atom is -0.316 e. The van der Waals surface area contributed by atoms with Crippen LogP contribution < -0.4 is 5.32 Å². The first-order valence-corrected chi connectivity index (χ1v) is 8.24. The van der Waals surface area contributed by atoms with Crippen molar-refractivity contribution in [3.63, 3.8) is 0 Å². The first-order valence-electron chi connectivity index (χ1n) is 7.45. The molecule has 2 nitrogen and oxygen atoms in total. The van der Waals surface area contributed by atoms with Crippen molar-refractivity contribution in [2.24, 2.45) is 5.92 Å². The van der Waals surface area contributed by atoms with Gasteiger partial charge in [-0.25, -0.2) is 0 Å². The number of halogens is 1. The molecule has 0 radical (unpaired) electrons. The van der Waals surface area contributed by atoms with Crippen molar-refractivity contribution in [2.45, 2.75) is 32.7 Å². The van der Waals surface area contributed by atoms with Gasteiger partial charge in [0.15, 0.2) is 0 Å². The summed E-state index contributed by atoms with van der Waals surface area (Å²) in [4.78, 5) is 2.60. The molecule has 0 spiro atoms. The van der Waals surface area contributed by atoms with Crippen LogP contribution in [0.2, 0.25) is 0 Å². The van der Waals surface area contributed by atoms with Crippen molar-refractivity contribution in [3.8, 4) is 0 Å². The third kappa shape index (κ3) is 5.25. The average Bonchev–Trinajstić information content (AvgIpc) is 2.42. The van der Waals surface area contributed by atoms with Crippen molar-refractivity contribution in [1.82, 2.24) is 10.2 Å². The standard InChI is InChI=1S/C16H25BrN2/c1-2-9-18-11-15-4-3-10-19(13-15)12-14-5-7-16(17)8-6-14/h5-8,15,18H,2-4,9-13H2,1H3. The molecule has 0 bridgehead atoms. The highest BCUT2D eigenvalue weighted by molar-refractivity contribution is 9.10. The zero-order valence-corrected chi connectivity index (χ0v) is 13.5. The van der Waals surface area contributed by atoms with Gasteiger partial charge in [-0.1, -0.05) is 35.0 Å². The highest BCUT2D eigenvalue weighted by Crippen LogP contribution is 2.19. The largest absolute Gasteiger partial charge is 0.316 e. The first kappa shape index (κ1) is 15.0. The summed E-state index contributed by atoms with van der Waals surface area (Å²) in [5, 5.41) is 3.56. The Morgan fingerprint density at radius 2 is 2.11 bits per heavy atom. The molecule has 2 rings (SSSR count). The molecule has 0 amide bonds. The zero-order valence-electron chi connectivity index (χ0n) is 11.9. The molecule has 1 atom stereocenters. The molecular formula is C16H25BrN2. The lowest BCUT2D eigenvalue weighted by Gasteiger charge is -2.33. The van der Waals surface area contributed by atoms with E-state index in [0.29, 0.717) is 0 Å². The van der Waals surface area contributed by atoms with Gasteiger partial charge in [0.1, 0.15) is 0 Å². The zero-order chi connectivity index (χ0) is 13.5. The van der Waals surface area contributed by atoms with Gasteiger partial charge < -0.3 is 5.32 Å². The summed E-state index contributed by atoms with van der Waals surface area (Å²) in [7, 11) is 0. The molecule has 1 aliphatic heterocycles. The highest BCUT2D eigenvalue weighted by Gasteiger charge is 2.19. The molecule has 106 valence electrons. The van der Waals surface area contributed by atoms with Gasteiger partial charge in [0, 0.05) is 17.6 Å². The summed E-state index contributed by atoms with van der Waals surface area (Å²) in [5.74, 6) is 0.829. The van der Waals surface area contributed by atoms with Crippen LogP contribution in [0.5, 0.6) is 0 Å². The molecule has 0 aromatic heterocycles. The lowest BCUT2D eigenvalue weighted by atomic mass is 9.97. The predicted octanol–water partition coefficient (Wildman–Crippen LogP) is 3.66. The summed E-state index contributed by atoms with van der Waals surface area (Å²) in [6.07, 6.45) is 3.96. The second-order valence-electron chi connectivity index (χ2n) is 5.57. The minimum atomic E-state index is 0.829. The van der Waals surface area contributed by atoms with Gasteiger partial charge in [-0.15, -0.1) is 0 Å². The van der Waals surface area contributed by atoms with Crippen LogP contribution in [0, 0.1) is 5.92 Å². The molecule has 1 saturated heterocycles. The van der Waals surface area contributed by atoms with Gasteiger partial charge in [0.2, 0.25) is 0 Å². The van der Waals surface area contributed by atoms with E-state index in [9.17, 15) is 0 Å². The predicted molar refractivity (Wildman–Crippen MR) is 85.3 cm³/mol. The monoisotopic (exact) mass is 324 g/mol. The Bertz CT molecular complexity index is 364. The average molecular weight is 325 g/mol. The maximum absolute atomic E-state index is 3.56. The van der Waals surface area contributed by atoms with Gasteiger partial charge in [0.25, 0.3) is 0 Å². The Balaban J connectivity index is 1.78. The van der Waals surface area contributed by atoms with E-state index >= 15 is 0 Å². The van der Waals surface area contributed by atoms with Crippen LogP contribution in [0.4, 0.5) is 0 Å². The molecular weight excluding hydrogens is 300 g/mol. The Morgan fingerprint density at radius 3 is 2.84 bits per heavy atom. The van der Waals surface area contributed by atoms with Crippen molar-refractivity contribution in [2.75, 3.05) is 26.2 Å². The van der Waals surface area contributed by atoms with Crippen molar-refractivity contribution < 1.29 is 0 Å². The maximum atomic E-state index is 3.56. The molecule has 3 heteroatoms. The molecule has 1 N–H and O–H groups in total. The van der Waals surface area contributed by atoms with E-state index in [0.717, 1.165) is 23.5 Å². The summed E-state index contributed by atoms with van der Waals surface area (Å²) < 4.78 is 1.16. The van der Waals surface area contributed by atoms with Crippen LogP contribution in [0.25, 0.3) is 0 Å². The SMILES string of the molecule is CCCNCC1CCCN(Cc2ccc(Br)cc2)C1. The minimum absolute atomic E-state index is 0.829. The molecule has 19 heavy (non-hydrogen) atoms. The topological polar surface area (TPSA) is 15.3 Å². The molecule has 1 aliphatic rings. The van der Waals surface area contributed by atoms with Crippen LogP contribution in [0.15, 0.2) is 28.7 Å². The van der Waals surface area contributed by atoms with Crippen molar-refractivity contribution in [1.29, 1.82) is 0 Å². The van der Waals surface area contributed by atoms with Gasteiger partial charge in [-0.3, -0.25) is 4.90 Å². The fraction of sp³-hybridized carbons (Fsp3) is 0.625. The Morgan fingerprint density at radius 1 is 1.32 bits per heavy atom. The van der Waals surface area contributed by atoms with E-state index in [-0.39, 0.29) is 0 Å². The summed E-state index contributed by atoms with van der Waals surface area (Å²) in [6, 6.07) is 8.73. The number of benzene rings is 1. The number of nitrogens with zero attached hydrogens (tertiary/aromatic N) is 1. The van der Waals surface area contributed by atoms with Crippen molar-refractivity contribution in [3.05, 3.63) is 34.3 Å². The quantitative estimate of drug-likeness (QED) is 0.803. The normalized spacial score (nSPS) is 20.6. The fourth-order valence-electron chi connectivity index (χ4n) is 2.79. The van der Waals surface area contributed by atoms with E-state index in [1.807, 2.05) is 0 Å². The summed E-state index contributed by atoms with van der Waals surface area (Å²) >= 11 is 3.49. The van der Waals surface area contributed by atoms with Crippen LogP contribution in [-0.2, 0) is 6.54 Å². The number of rotatable bonds is 6. The van der Waals surface area contributed by atoms with E-state index in [1.165, 1.54) is 44.5 Å². The second kappa shape index (κ2) is 8.03. The van der Waals surface area contributed by atoms with Gasteiger partial charge in [-0.2, -0.15) is 0 Å². The van der Waals surface area contributed by atoms with Crippen LogP contribution in [-0.4, -0.2) is 31.1 Å². The molecule has 1 fully saturated rings. The third-order valence-corrected chi connectivity index (χ3v) is 4.31. The molecule has 1 aromatic carbocycles. The summed E-state index contributed by atoms with van der Waals surface area (Å²) in [5.41, 5.74) is 1.42. The van der Waals surface area contributed by atoms with Gasteiger partial charge in [-0.05, 0) is 62.5 Å². The van der Waals surface area contributed by atoms with E-state index in [1.54, 1.807) is 0 Å². The van der Waals surface area contributed by atoms with E-state index in [2.05, 4.69) is 57.3 Å². The molecule has 0 saturated carbocycles. The maximum Gasteiger partial charge on any atom is 0.0233 e. The van der Waals surface area contributed by atoms with Crippen LogP contribution >= 0.6 is 15.9 Å². The van der Waals surface area contributed by atoms with E-state index in [4.69, 9.17) is 0 Å². The fourth-order valence-corrected chi connectivity index (χ4v) is 3.06. The Labute approximate surface area is 125 Å².